The number of carbonyl (C=O) groups is 2. The Hall–Kier alpha value is -3.63. The van der Waals surface area contributed by atoms with Gasteiger partial charge >= 0.3 is 0 Å². The van der Waals surface area contributed by atoms with Crippen LogP contribution in [0.15, 0.2) is 54.6 Å². The quantitative estimate of drug-likeness (QED) is 0.377. The van der Waals surface area contributed by atoms with Crippen molar-refractivity contribution in [2.45, 2.75) is 38.6 Å². The van der Waals surface area contributed by atoms with E-state index in [1.807, 2.05) is 54.6 Å². The third kappa shape index (κ3) is 5.41. The largest absolute Gasteiger partial charge is 0.457 e. The van der Waals surface area contributed by atoms with Gasteiger partial charge in [-0.25, -0.2) is 4.98 Å². The Labute approximate surface area is 197 Å². The van der Waals surface area contributed by atoms with Gasteiger partial charge in [0, 0.05) is 24.6 Å². The number of nitrogens with zero attached hydrogens (tertiary/aromatic N) is 2. The molecule has 0 bridgehead atoms. The smallest absolute Gasteiger partial charge is 0.261 e. The van der Waals surface area contributed by atoms with Gasteiger partial charge in [0.25, 0.3) is 5.91 Å². The summed E-state index contributed by atoms with van der Waals surface area (Å²) in [5.74, 6) is 6.17. The lowest BCUT2D eigenvalue weighted by molar-refractivity contribution is -0.114. The fourth-order valence-corrected chi connectivity index (χ4v) is 5.02. The summed E-state index contributed by atoms with van der Waals surface area (Å²) in [5.41, 5.74) is 7.07. The number of ether oxygens (including phenoxy) is 1. The van der Waals surface area contributed by atoms with Crippen LogP contribution in [-0.2, 0) is 4.79 Å². The van der Waals surface area contributed by atoms with E-state index in [9.17, 15) is 9.59 Å². The molecular weight excluding hydrogens is 434 g/mol. The van der Waals surface area contributed by atoms with Crippen molar-refractivity contribution in [1.29, 1.82) is 0 Å². The van der Waals surface area contributed by atoms with Crippen LogP contribution in [0.3, 0.4) is 0 Å². The number of thiazole rings is 1. The van der Waals surface area contributed by atoms with Crippen molar-refractivity contribution in [2.24, 2.45) is 5.73 Å². The number of nitrogens with two attached hydrogens (primary N) is 1. The van der Waals surface area contributed by atoms with Crippen molar-refractivity contribution in [3.05, 3.63) is 59.5 Å². The lowest BCUT2D eigenvalue weighted by Gasteiger charge is -2.23. The predicted octanol–water partition coefficient (Wildman–Crippen LogP) is 5.04. The van der Waals surface area contributed by atoms with E-state index in [4.69, 9.17) is 15.5 Å². The van der Waals surface area contributed by atoms with E-state index in [1.165, 1.54) is 11.3 Å². The van der Waals surface area contributed by atoms with Gasteiger partial charge in [0.1, 0.15) is 16.4 Å². The summed E-state index contributed by atoms with van der Waals surface area (Å²) in [7, 11) is 0. The number of hydrogen-bond donors (Lipinski definition) is 1. The van der Waals surface area contributed by atoms with Crippen molar-refractivity contribution in [3.8, 4) is 34.6 Å². The molecule has 6 nitrogen and oxygen atoms in total. The van der Waals surface area contributed by atoms with E-state index in [0.717, 1.165) is 42.3 Å². The van der Waals surface area contributed by atoms with Crippen molar-refractivity contribution >= 4 is 28.2 Å². The van der Waals surface area contributed by atoms with E-state index >= 15 is 0 Å². The molecule has 1 amide bonds. The molecule has 1 atom stereocenters. The van der Waals surface area contributed by atoms with Gasteiger partial charge in [-0.3, -0.25) is 9.59 Å². The minimum Gasteiger partial charge on any atom is -0.457 e. The highest BCUT2D eigenvalue weighted by atomic mass is 32.1. The van der Waals surface area contributed by atoms with Gasteiger partial charge < -0.3 is 15.4 Å². The van der Waals surface area contributed by atoms with Gasteiger partial charge in [-0.2, -0.15) is 0 Å². The van der Waals surface area contributed by atoms with Crippen LogP contribution in [-0.4, -0.2) is 29.3 Å². The molecule has 1 aromatic heterocycles. The van der Waals surface area contributed by atoms with Crippen molar-refractivity contribution in [1.82, 2.24) is 4.98 Å². The molecule has 1 aliphatic heterocycles. The molecule has 1 saturated heterocycles. The molecule has 2 N–H and O–H groups in total. The summed E-state index contributed by atoms with van der Waals surface area (Å²) in [6.07, 6.45) is 3.15. The number of para-hydroxylation sites is 1. The Balaban J connectivity index is 1.54. The minimum absolute atomic E-state index is 0.0418. The molecule has 2 aromatic carbocycles. The van der Waals surface area contributed by atoms with Crippen molar-refractivity contribution in [2.75, 3.05) is 11.4 Å². The van der Waals surface area contributed by atoms with Gasteiger partial charge in [0.05, 0.1) is 5.69 Å². The molecule has 0 radical (unpaired) electrons. The number of anilines is 1. The summed E-state index contributed by atoms with van der Waals surface area (Å²) in [5, 5.41) is 0.764. The van der Waals surface area contributed by atoms with Gasteiger partial charge in [0.15, 0.2) is 5.13 Å². The lowest BCUT2D eigenvalue weighted by Crippen LogP contribution is -2.29. The standard InChI is InChI=1S/C26H25N3O3S/c1-2-7-20(30)14-13-19-8-6-17-29(19)26-28-23(24(33-26)25(27)31)18-11-15-22(16-12-18)32-21-9-4-3-5-10-21/h3-5,9-12,15-16,19H,6,8,13-14,17H2,1H3,(H2,27,31)/t19-/m1/s1. The van der Waals surface area contributed by atoms with E-state index in [1.54, 1.807) is 6.92 Å². The second kappa shape index (κ2) is 10.3. The van der Waals surface area contributed by atoms with Crippen molar-refractivity contribution < 1.29 is 14.3 Å². The maximum absolute atomic E-state index is 12.2. The third-order valence-electron chi connectivity index (χ3n) is 5.54. The van der Waals surface area contributed by atoms with Gasteiger partial charge in [-0.15, -0.1) is 0 Å². The van der Waals surface area contributed by atoms with E-state index < -0.39 is 5.91 Å². The number of Topliss-reactive ketones (excluding diaryl/α,β-unsaturated/α-hetero) is 1. The molecule has 1 aliphatic rings. The highest BCUT2D eigenvalue weighted by Crippen LogP contribution is 2.37. The second-order valence-corrected chi connectivity index (χ2v) is 8.78. The molecule has 3 aromatic rings. The van der Waals surface area contributed by atoms with E-state index in [2.05, 4.69) is 16.7 Å². The Kier molecular flexibility index (Phi) is 7.06. The van der Waals surface area contributed by atoms with Crippen LogP contribution in [0.2, 0.25) is 0 Å². The fourth-order valence-electron chi connectivity index (χ4n) is 3.99. The van der Waals surface area contributed by atoms with Gasteiger partial charge in [-0.05, 0) is 68.5 Å². The van der Waals surface area contributed by atoms with Gasteiger partial charge in [-0.1, -0.05) is 35.5 Å². The number of ketones is 1. The number of primary amides is 1. The van der Waals surface area contributed by atoms with Crippen LogP contribution >= 0.6 is 11.3 Å². The second-order valence-electron chi connectivity index (χ2n) is 7.80. The highest BCUT2D eigenvalue weighted by Gasteiger charge is 2.29. The normalized spacial score (nSPS) is 15.1. The number of aromatic nitrogens is 1. The Morgan fingerprint density at radius 3 is 2.58 bits per heavy atom. The van der Waals surface area contributed by atoms with Crippen molar-refractivity contribution in [3.63, 3.8) is 0 Å². The van der Waals surface area contributed by atoms with Gasteiger partial charge in [0.2, 0.25) is 5.78 Å². The molecule has 7 heteroatoms. The number of amides is 1. The van der Waals surface area contributed by atoms with Crippen LogP contribution < -0.4 is 15.4 Å². The highest BCUT2D eigenvalue weighted by molar-refractivity contribution is 7.18. The SMILES string of the molecule is CC#CC(=O)CC[C@H]1CCCN1c1nc(-c2ccc(Oc3ccccc3)cc2)c(C(N)=O)s1. The topological polar surface area (TPSA) is 85.5 Å². The average molecular weight is 460 g/mol. The Morgan fingerprint density at radius 2 is 1.88 bits per heavy atom. The molecular formula is C26H25N3O3S. The number of benzene rings is 2. The molecule has 2 heterocycles. The number of rotatable bonds is 8. The molecule has 0 aliphatic carbocycles. The molecule has 168 valence electrons. The summed E-state index contributed by atoms with van der Waals surface area (Å²) in [6, 6.07) is 17.2. The number of carbonyl (C=O) groups excluding carboxylic acids is 2. The molecule has 4 rings (SSSR count). The van der Waals surface area contributed by atoms with Crippen LogP contribution in [0.1, 0.15) is 42.3 Å². The maximum atomic E-state index is 12.2. The first kappa shape index (κ1) is 22.6. The van der Waals surface area contributed by atoms with E-state index in [0.29, 0.717) is 22.7 Å². The minimum atomic E-state index is -0.498. The van der Waals surface area contributed by atoms with E-state index in [-0.39, 0.29) is 11.8 Å². The summed E-state index contributed by atoms with van der Waals surface area (Å²) in [6.45, 7) is 2.51. The molecule has 0 saturated carbocycles. The zero-order valence-corrected chi connectivity index (χ0v) is 19.2. The fraction of sp³-hybridized carbons (Fsp3) is 0.269. The zero-order valence-electron chi connectivity index (χ0n) is 18.4. The number of hydrogen-bond acceptors (Lipinski definition) is 6. The first-order valence-corrected chi connectivity index (χ1v) is 11.7. The summed E-state index contributed by atoms with van der Waals surface area (Å²) >= 11 is 1.31. The van der Waals surface area contributed by atoms with Crippen LogP contribution in [0, 0.1) is 11.8 Å². The monoisotopic (exact) mass is 459 g/mol. The summed E-state index contributed by atoms with van der Waals surface area (Å²) < 4.78 is 5.86. The zero-order chi connectivity index (χ0) is 23.2. The maximum Gasteiger partial charge on any atom is 0.261 e. The molecule has 33 heavy (non-hydrogen) atoms. The summed E-state index contributed by atoms with van der Waals surface area (Å²) in [4.78, 5) is 31.5. The molecule has 0 spiro atoms. The molecule has 1 fully saturated rings. The molecule has 0 unspecified atom stereocenters. The van der Waals surface area contributed by atoms with Crippen LogP contribution in [0.4, 0.5) is 5.13 Å². The first-order valence-electron chi connectivity index (χ1n) is 10.9. The Morgan fingerprint density at radius 1 is 1.15 bits per heavy atom. The lowest BCUT2D eigenvalue weighted by atomic mass is 10.1. The predicted molar refractivity (Wildman–Crippen MR) is 131 cm³/mol. The average Bonchev–Trinajstić information content (AvgIpc) is 3.46. The Bertz CT molecular complexity index is 1190. The van der Waals surface area contributed by atoms with Crippen LogP contribution in [0.25, 0.3) is 11.3 Å². The van der Waals surface area contributed by atoms with Crippen LogP contribution in [0.5, 0.6) is 11.5 Å². The third-order valence-corrected chi connectivity index (χ3v) is 6.65. The first-order chi connectivity index (χ1) is 16.0.